The number of amides is 2. The molecule has 2 saturated heterocycles. The van der Waals surface area contributed by atoms with Gasteiger partial charge in [-0.3, -0.25) is 14.6 Å². The molecule has 1 aromatic carbocycles. The van der Waals surface area contributed by atoms with Crippen molar-refractivity contribution >= 4 is 17.4 Å². The number of aliphatic hydroxyl groups excluding tert-OH is 1. The Morgan fingerprint density at radius 1 is 1.16 bits per heavy atom. The minimum atomic E-state index is -0.220. The van der Waals surface area contributed by atoms with Gasteiger partial charge in [-0.05, 0) is 54.0 Å². The maximum absolute atomic E-state index is 12.9. The molecule has 3 atom stereocenters. The highest BCUT2D eigenvalue weighted by Gasteiger charge is 2.54. The van der Waals surface area contributed by atoms with Crippen molar-refractivity contribution in [3.8, 4) is 0 Å². The number of allylic oxidation sites excluding steroid dienone is 2. The lowest BCUT2D eigenvalue weighted by molar-refractivity contribution is -0.166. The van der Waals surface area contributed by atoms with E-state index in [1.807, 2.05) is 12.1 Å². The fraction of sp³-hybridized carbons (Fsp3) is 0.423. The van der Waals surface area contributed by atoms with E-state index in [1.54, 1.807) is 22.2 Å². The molecule has 3 aliphatic rings. The fourth-order valence-electron chi connectivity index (χ4n) is 5.50. The van der Waals surface area contributed by atoms with E-state index in [0.29, 0.717) is 6.54 Å². The van der Waals surface area contributed by atoms with Crippen molar-refractivity contribution in [2.75, 3.05) is 19.7 Å². The average Bonchev–Trinajstić information content (AvgIpc) is 2.82. The first-order valence-corrected chi connectivity index (χ1v) is 11.5. The maximum Gasteiger partial charge on any atom is 0.242 e. The van der Waals surface area contributed by atoms with E-state index < -0.39 is 0 Å². The van der Waals surface area contributed by atoms with Gasteiger partial charge in [0.2, 0.25) is 11.8 Å². The molecule has 2 aromatic rings. The van der Waals surface area contributed by atoms with E-state index in [4.69, 9.17) is 0 Å². The molecule has 1 aliphatic carbocycles. The standard InChI is InChI=1S/C26H29N3O3/c30-17-23-26(21-10-8-20(9-11-21)19-6-2-1-3-7-19)22-15-28(16-25(32)29(22)23)24(31)13-18-5-4-12-27-14-18/h4-6,8-12,14,22-23,26,30H,1-3,7,13,15-17H2/t22-,23+,26-/m1/s1. The third-order valence-electron chi connectivity index (χ3n) is 7.14. The Morgan fingerprint density at radius 3 is 2.69 bits per heavy atom. The number of carbonyl (C=O) groups excluding carboxylic acids is 2. The second-order valence-corrected chi connectivity index (χ2v) is 9.05. The van der Waals surface area contributed by atoms with E-state index in [-0.39, 0.29) is 49.4 Å². The Labute approximate surface area is 188 Å². The van der Waals surface area contributed by atoms with Crippen molar-refractivity contribution in [1.29, 1.82) is 0 Å². The first-order valence-electron chi connectivity index (χ1n) is 11.5. The maximum atomic E-state index is 12.9. The molecular weight excluding hydrogens is 402 g/mol. The summed E-state index contributed by atoms with van der Waals surface area (Å²) < 4.78 is 0. The van der Waals surface area contributed by atoms with Gasteiger partial charge in [-0.25, -0.2) is 0 Å². The largest absolute Gasteiger partial charge is 0.394 e. The van der Waals surface area contributed by atoms with Gasteiger partial charge >= 0.3 is 0 Å². The lowest BCUT2D eigenvalue weighted by atomic mass is 9.73. The minimum absolute atomic E-state index is 0.0346. The highest BCUT2D eigenvalue weighted by molar-refractivity contribution is 5.88. The summed E-state index contributed by atoms with van der Waals surface area (Å²) in [6.45, 7) is 0.508. The predicted molar refractivity (Wildman–Crippen MR) is 122 cm³/mol. The second kappa shape index (κ2) is 8.87. The molecule has 1 N–H and O–H groups in total. The molecule has 2 amide bonds. The molecular formula is C26H29N3O3. The van der Waals surface area contributed by atoms with Gasteiger partial charge in [0.25, 0.3) is 0 Å². The predicted octanol–water partition coefficient (Wildman–Crippen LogP) is 2.78. The SMILES string of the molecule is O=C(Cc1cccnc1)N1CC(=O)N2[C@H](C1)[C@@H](c1ccc(C3=CCCCC3)cc1)[C@@H]2CO. The minimum Gasteiger partial charge on any atom is -0.394 e. The summed E-state index contributed by atoms with van der Waals surface area (Å²) in [4.78, 5) is 33.2. The van der Waals surface area contributed by atoms with Crippen molar-refractivity contribution < 1.29 is 14.7 Å². The molecule has 2 fully saturated rings. The van der Waals surface area contributed by atoms with Gasteiger partial charge in [0.1, 0.15) is 0 Å². The number of aromatic nitrogens is 1. The molecule has 3 heterocycles. The topological polar surface area (TPSA) is 73.7 Å². The Bertz CT molecular complexity index is 1020. The van der Waals surface area contributed by atoms with Crippen LogP contribution in [0.2, 0.25) is 0 Å². The van der Waals surface area contributed by atoms with E-state index in [1.165, 1.54) is 24.0 Å². The zero-order chi connectivity index (χ0) is 22.1. The van der Waals surface area contributed by atoms with Gasteiger partial charge in [0.05, 0.1) is 31.7 Å². The number of nitrogens with zero attached hydrogens (tertiary/aromatic N) is 3. The van der Waals surface area contributed by atoms with Crippen LogP contribution in [0, 0.1) is 0 Å². The monoisotopic (exact) mass is 431 g/mol. The summed E-state index contributed by atoms with van der Waals surface area (Å²) in [5.41, 5.74) is 4.65. The number of rotatable bonds is 5. The normalized spacial score (nSPS) is 25.1. The quantitative estimate of drug-likeness (QED) is 0.790. The second-order valence-electron chi connectivity index (χ2n) is 9.05. The summed E-state index contributed by atoms with van der Waals surface area (Å²) in [5, 5.41) is 10.0. The molecule has 5 rings (SSSR count). The van der Waals surface area contributed by atoms with Gasteiger partial charge < -0.3 is 14.9 Å². The Balaban J connectivity index is 1.33. The molecule has 0 bridgehead atoms. The number of fused-ring (bicyclic) bond motifs is 1. The number of hydrogen-bond donors (Lipinski definition) is 1. The van der Waals surface area contributed by atoms with Crippen LogP contribution in [0.4, 0.5) is 0 Å². The van der Waals surface area contributed by atoms with E-state index >= 15 is 0 Å². The van der Waals surface area contributed by atoms with Crippen LogP contribution < -0.4 is 0 Å². The first kappa shape index (κ1) is 20.9. The van der Waals surface area contributed by atoms with Gasteiger partial charge in [-0.2, -0.15) is 0 Å². The van der Waals surface area contributed by atoms with Crippen LogP contribution in [-0.4, -0.2) is 63.5 Å². The molecule has 0 radical (unpaired) electrons. The number of piperazine rings is 1. The average molecular weight is 432 g/mol. The van der Waals surface area contributed by atoms with E-state index in [9.17, 15) is 14.7 Å². The summed E-state index contributed by atoms with van der Waals surface area (Å²) in [6, 6.07) is 12.0. The zero-order valence-electron chi connectivity index (χ0n) is 18.2. The molecule has 166 valence electrons. The summed E-state index contributed by atoms with van der Waals surface area (Å²) in [5.74, 6) is -0.107. The smallest absolute Gasteiger partial charge is 0.242 e. The molecule has 6 nitrogen and oxygen atoms in total. The molecule has 2 aliphatic heterocycles. The van der Waals surface area contributed by atoms with Gasteiger partial charge in [0.15, 0.2) is 0 Å². The summed E-state index contributed by atoms with van der Waals surface area (Å²) in [7, 11) is 0. The number of benzene rings is 1. The highest BCUT2D eigenvalue weighted by atomic mass is 16.3. The van der Waals surface area contributed by atoms with Crippen LogP contribution in [0.1, 0.15) is 48.3 Å². The molecule has 0 spiro atoms. The van der Waals surface area contributed by atoms with E-state index in [2.05, 4.69) is 35.3 Å². The molecule has 6 heteroatoms. The lowest BCUT2D eigenvalue weighted by Crippen LogP contribution is -2.73. The van der Waals surface area contributed by atoms with Crippen LogP contribution in [0.25, 0.3) is 5.57 Å². The van der Waals surface area contributed by atoms with Crippen LogP contribution in [0.3, 0.4) is 0 Å². The Hall–Kier alpha value is -2.99. The molecule has 0 saturated carbocycles. The molecule has 1 aromatic heterocycles. The van der Waals surface area contributed by atoms with Crippen LogP contribution >= 0.6 is 0 Å². The number of pyridine rings is 1. The number of hydrogen-bond acceptors (Lipinski definition) is 4. The van der Waals surface area contributed by atoms with Crippen molar-refractivity contribution in [1.82, 2.24) is 14.8 Å². The van der Waals surface area contributed by atoms with Crippen molar-refractivity contribution in [2.45, 2.75) is 50.1 Å². The molecule has 32 heavy (non-hydrogen) atoms. The third kappa shape index (κ3) is 3.84. The highest BCUT2D eigenvalue weighted by Crippen LogP contribution is 2.43. The van der Waals surface area contributed by atoms with Gasteiger partial charge in [-0.1, -0.05) is 36.4 Å². The zero-order valence-corrected chi connectivity index (χ0v) is 18.2. The van der Waals surface area contributed by atoms with Crippen molar-refractivity contribution in [2.24, 2.45) is 0 Å². The van der Waals surface area contributed by atoms with Crippen LogP contribution in [-0.2, 0) is 16.0 Å². The third-order valence-corrected chi connectivity index (χ3v) is 7.14. The number of carbonyl (C=O) groups is 2. The van der Waals surface area contributed by atoms with E-state index in [0.717, 1.165) is 24.0 Å². The summed E-state index contributed by atoms with van der Waals surface area (Å²) in [6.07, 6.45) is 10.7. The van der Waals surface area contributed by atoms with Crippen LogP contribution in [0.15, 0.2) is 54.9 Å². The van der Waals surface area contributed by atoms with Gasteiger partial charge in [-0.15, -0.1) is 0 Å². The Morgan fingerprint density at radius 2 is 2.00 bits per heavy atom. The Kier molecular flexibility index (Phi) is 5.79. The first-order chi connectivity index (χ1) is 15.7. The summed E-state index contributed by atoms with van der Waals surface area (Å²) >= 11 is 0. The van der Waals surface area contributed by atoms with Crippen molar-refractivity contribution in [3.63, 3.8) is 0 Å². The molecule has 0 unspecified atom stereocenters. The number of aliphatic hydroxyl groups is 1. The fourth-order valence-corrected chi connectivity index (χ4v) is 5.50. The lowest BCUT2D eigenvalue weighted by Gasteiger charge is -2.58. The van der Waals surface area contributed by atoms with Crippen LogP contribution in [0.5, 0.6) is 0 Å². The van der Waals surface area contributed by atoms with Gasteiger partial charge in [0, 0.05) is 24.9 Å². The van der Waals surface area contributed by atoms with Crippen molar-refractivity contribution in [3.05, 3.63) is 71.6 Å².